The Labute approximate surface area is 185 Å². The van der Waals surface area contributed by atoms with Crippen molar-refractivity contribution in [2.24, 2.45) is 0 Å². The van der Waals surface area contributed by atoms with Gasteiger partial charge < -0.3 is 10.1 Å². The summed E-state index contributed by atoms with van der Waals surface area (Å²) in [4.78, 5) is 17.9. The van der Waals surface area contributed by atoms with Gasteiger partial charge in [-0.1, -0.05) is 23.7 Å². The molecule has 1 amide bonds. The second-order valence-corrected chi connectivity index (χ2v) is 8.70. The molecule has 0 saturated carbocycles. The number of halogens is 1. The smallest absolute Gasteiger partial charge is 0.270 e. The number of fused-ring (bicyclic) bond motifs is 1. The first kappa shape index (κ1) is 20.9. The molecular weight excluding hydrogens is 412 g/mol. The third-order valence-electron chi connectivity index (χ3n) is 4.67. The standard InChI is InChI=1S/C24H23ClN4O2/c1-24(2,3)27-23(30)21-13-19(15-7-11-18(31-4)12-8-15)26-22-14-20(28-29(21)22)16-5-9-17(25)10-6-16/h5-14H,1-4H3,(H,27,30). The molecule has 158 valence electrons. The number of nitrogens with one attached hydrogen (secondary N) is 1. The fraction of sp³-hybridized carbons (Fsp3) is 0.208. The van der Waals surface area contributed by atoms with Crippen molar-refractivity contribution < 1.29 is 9.53 Å². The molecule has 7 heteroatoms. The minimum atomic E-state index is -0.390. The molecule has 0 bridgehead atoms. The molecule has 0 saturated heterocycles. The molecule has 0 aliphatic rings. The second kappa shape index (κ2) is 8.04. The molecule has 0 spiro atoms. The Bertz CT molecular complexity index is 1240. The summed E-state index contributed by atoms with van der Waals surface area (Å²) in [5.74, 6) is 0.533. The lowest BCUT2D eigenvalue weighted by Gasteiger charge is -2.20. The van der Waals surface area contributed by atoms with Gasteiger partial charge in [-0.2, -0.15) is 5.10 Å². The van der Waals surface area contributed by atoms with Crippen LogP contribution >= 0.6 is 11.6 Å². The van der Waals surface area contributed by atoms with E-state index in [1.54, 1.807) is 17.7 Å². The van der Waals surface area contributed by atoms with Crippen LogP contribution in [-0.2, 0) is 0 Å². The largest absolute Gasteiger partial charge is 0.497 e. The van der Waals surface area contributed by atoms with Crippen LogP contribution in [0.1, 0.15) is 31.3 Å². The lowest BCUT2D eigenvalue weighted by atomic mass is 10.1. The van der Waals surface area contributed by atoms with E-state index in [0.29, 0.717) is 27.8 Å². The number of hydrogen-bond acceptors (Lipinski definition) is 4. The number of carbonyl (C=O) groups is 1. The summed E-state index contributed by atoms with van der Waals surface area (Å²) in [5.41, 5.74) is 3.75. The van der Waals surface area contributed by atoms with Gasteiger partial charge in [0.15, 0.2) is 5.65 Å². The zero-order valence-corrected chi connectivity index (χ0v) is 18.6. The van der Waals surface area contributed by atoms with Crippen LogP contribution in [0.3, 0.4) is 0 Å². The Kier molecular flexibility index (Phi) is 5.41. The number of amides is 1. The van der Waals surface area contributed by atoms with Crippen molar-refractivity contribution in [1.29, 1.82) is 0 Å². The highest BCUT2D eigenvalue weighted by molar-refractivity contribution is 6.30. The summed E-state index contributed by atoms with van der Waals surface area (Å²) in [6, 6.07) is 18.6. The molecule has 4 rings (SSSR count). The van der Waals surface area contributed by atoms with Gasteiger partial charge in [0.25, 0.3) is 5.91 Å². The molecule has 0 aliphatic heterocycles. The number of methoxy groups -OCH3 is 1. The van der Waals surface area contributed by atoms with E-state index in [0.717, 1.165) is 16.9 Å². The first-order valence-electron chi connectivity index (χ1n) is 9.87. The Hall–Kier alpha value is -3.38. The Morgan fingerprint density at radius 1 is 0.968 bits per heavy atom. The van der Waals surface area contributed by atoms with Crippen LogP contribution in [-0.4, -0.2) is 33.2 Å². The van der Waals surface area contributed by atoms with Gasteiger partial charge in [-0.15, -0.1) is 0 Å². The van der Waals surface area contributed by atoms with Gasteiger partial charge >= 0.3 is 0 Å². The Morgan fingerprint density at radius 3 is 2.19 bits per heavy atom. The fourth-order valence-electron chi connectivity index (χ4n) is 3.21. The maximum Gasteiger partial charge on any atom is 0.270 e. The predicted octanol–water partition coefficient (Wildman–Crippen LogP) is 5.25. The molecule has 0 radical (unpaired) electrons. The highest BCUT2D eigenvalue weighted by atomic mass is 35.5. The summed E-state index contributed by atoms with van der Waals surface area (Å²) in [7, 11) is 1.62. The van der Waals surface area contributed by atoms with Crippen molar-refractivity contribution in [2.45, 2.75) is 26.3 Å². The van der Waals surface area contributed by atoms with Crippen molar-refractivity contribution in [3.8, 4) is 28.3 Å². The Morgan fingerprint density at radius 2 is 1.58 bits per heavy atom. The number of ether oxygens (including phenoxy) is 1. The number of hydrogen-bond donors (Lipinski definition) is 1. The van der Waals surface area contributed by atoms with E-state index in [1.807, 2.05) is 75.4 Å². The van der Waals surface area contributed by atoms with Crippen molar-refractivity contribution in [3.63, 3.8) is 0 Å². The summed E-state index contributed by atoms with van der Waals surface area (Å²) >= 11 is 6.02. The molecule has 31 heavy (non-hydrogen) atoms. The van der Waals surface area contributed by atoms with E-state index >= 15 is 0 Å². The first-order chi connectivity index (χ1) is 14.7. The molecule has 2 heterocycles. The fourth-order valence-corrected chi connectivity index (χ4v) is 3.34. The second-order valence-electron chi connectivity index (χ2n) is 8.27. The molecular formula is C24H23ClN4O2. The van der Waals surface area contributed by atoms with Crippen molar-refractivity contribution in [3.05, 3.63) is 71.4 Å². The van der Waals surface area contributed by atoms with E-state index in [4.69, 9.17) is 21.3 Å². The van der Waals surface area contributed by atoms with Crippen LogP contribution in [0.5, 0.6) is 5.75 Å². The molecule has 2 aromatic heterocycles. The molecule has 4 aromatic rings. The van der Waals surface area contributed by atoms with Crippen LogP contribution in [0, 0.1) is 0 Å². The zero-order valence-electron chi connectivity index (χ0n) is 17.8. The van der Waals surface area contributed by atoms with Crippen molar-refractivity contribution in [2.75, 3.05) is 7.11 Å². The highest BCUT2D eigenvalue weighted by Gasteiger charge is 2.21. The quantitative estimate of drug-likeness (QED) is 0.476. The lowest BCUT2D eigenvalue weighted by Crippen LogP contribution is -2.41. The van der Waals surface area contributed by atoms with E-state index in [2.05, 4.69) is 10.4 Å². The topological polar surface area (TPSA) is 68.5 Å². The predicted molar refractivity (Wildman–Crippen MR) is 123 cm³/mol. The van der Waals surface area contributed by atoms with Gasteiger partial charge in [-0.25, -0.2) is 9.50 Å². The van der Waals surface area contributed by atoms with Crippen LogP contribution < -0.4 is 10.1 Å². The lowest BCUT2D eigenvalue weighted by molar-refractivity contribution is 0.0912. The van der Waals surface area contributed by atoms with Gasteiger partial charge in [0.1, 0.15) is 11.4 Å². The number of benzene rings is 2. The Balaban J connectivity index is 1.87. The molecule has 2 aromatic carbocycles. The van der Waals surface area contributed by atoms with E-state index in [9.17, 15) is 4.79 Å². The average molecular weight is 435 g/mol. The number of rotatable bonds is 4. The number of carbonyl (C=O) groups excluding carboxylic acids is 1. The maximum absolute atomic E-state index is 13.1. The normalized spacial score (nSPS) is 11.5. The molecule has 0 fully saturated rings. The molecule has 0 atom stereocenters. The minimum absolute atomic E-state index is 0.222. The van der Waals surface area contributed by atoms with Crippen LogP contribution in [0.15, 0.2) is 60.7 Å². The SMILES string of the molecule is COc1ccc(-c2cc(C(=O)NC(C)(C)C)n3nc(-c4ccc(Cl)cc4)cc3n2)cc1. The monoisotopic (exact) mass is 434 g/mol. The van der Waals surface area contributed by atoms with Crippen LogP contribution in [0.25, 0.3) is 28.2 Å². The van der Waals surface area contributed by atoms with Crippen LogP contribution in [0.2, 0.25) is 5.02 Å². The zero-order chi connectivity index (χ0) is 22.2. The van der Waals surface area contributed by atoms with Crippen LogP contribution in [0.4, 0.5) is 0 Å². The van der Waals surface area contributed by atoms with Gasteiger partial charge in [-0.3, -0.25) is 4.79 Å². The van der Waals surface area contributed by atoms with E-state index in [-0.39, 0.29) is 11.4 Å². The van der Waals surface area contributed by atoms with E-state index < -0.39 is 0 Å². The molecule has 0 unspecified atom stereocenters. The van der Waals surface area contributed by atoms with Gasteiger partial charge in [0.05, 0.1) is 18.5 Å². The highest BCUT2D eigenvalue weighted by Crippen LogP contribution is 2.26. The van der Waals surface area contributed by atoms with Gasteiger partial charge in [0.2, 0.25) is 0 Å². The minimum Gasteiger partial charge on any atom is -0.497 e. The first-order valence-corrected chi connectivity index (χ1v) is 10.2. The van der Waals surface area contributed by atoms with Gasteiger partial charge in [0, 0.05) is 27.8 Å². The number of nitrogens with zero attached hydrogens (tertiary/aromatic N) is 3. The average Bonchev–Trinajstić information content (AvgIpc) is 3.16. The van der Waals surface area contributed by atoms with E-state index in [1.165, 1.54) is 0 Å². The summed E-state index contributed by atoms with van der Waals surface area (Å²) in [5, 5.41) is 8.32. The van der Waals surface area contributed by atoms with Gasteiger partial charge in [-0.05, 0) is 63.2 Å². The van der Waals surface area contributed by atoms with Crippen molar-refractivity contribution in [1.82, 2.24) is 19.9 Å². The summed E-state index contributed by atoms with van der Waals surface area (Å²) in [6.45, 7) is 5.82. The third kappa shape index (κ3) is 4.54. The number of aromatic nitrogens is 3. The third-order valence-corrected chi connectivity index (χ3v) is 4.93. The molecule has 6 nitrogen and oxygen atoms in total. The maximum atomic E-state index is 13.1. The van der Waals surface area contributed by atoms with Crippen molar-refractivity contribution >= 4 is 23.2 Å². The summed E-state index contributed by atoms with van der Waals surface area (Å²) in [6.07, 6.45) is 0. The molecule has 0 aliphatic carbocycles. The molecule has 1 N–H and O–H groups in total. The summed E-state index contributed by atoms with van der Waals surface area (Å²) < 4.78 is 6.83.